The molecule has 0 saturated carbocycles. The van der Waals surface area contributed by atoms with Gasteiger partial charge in [-0.3, -0.25) is 0 Å². The van der Waals surface area contributed by atoms with Crippen molar-refractivity contribution in [1.82, 2.24) is 0 Å². The van der Waals surface area contributed by atoms with Crippen molar-refractivity contribution in [2.24, 2.45) is 0 Å². The molecule has 0 heterocycles. The maximum Gasteiger partial charge on any atom is 0.417 e. The molecule has 0 unspecified atom stereocenters. The molecule has 0 bridgehead atoms. The van der Waals surface area contributed by atoms with Crippen LogP contribution in [-0.2, 0) is 6.18 Å². The van der Waals surface area contributed by atoms with Crippen LogP contribution in [0.3, 0.4) is 0 Å². The van der Waals surface area contributed by atoms with Gasteiger partial charge in [0.15, 0.2) is 0 Å². The number of nitrogens with zero attached hydrogens (tertiary/aromatic N) is 1. The largest absolute Gasteiger partial charge is 0.417 e. The zero-order chi connectivity index (χ0) is 10.9. The summed E-state index contributed by atoms with van der Waals surface area (Å²) < 4.78 is 37.2. The van der Waals surface area contributed by atoms with Crippen LogP contribution in [0, 0.1) is 11.3 Å². The van der Waals surface area contributed by atoms with Crippen molar-refractivity contribution in [3.05, 3.63) is 27.7 Å². The fourth-order valence-electron chi connectivity index (χ4n) is 0.965. The molecule has 6 heteroatoms. The van der Waals surface area contributed by atoms with Crippen LogP contribution in [0.2, 0.25) is 0 Å². The molecule has 0 amide bonds. The van der Waals surface area contributed by atoms with Gasteiger partial charge >= 0.3 is 6.18 Å². The summed E-state index contributed by atoms with van der Waals surface area (Å²) in [5.41, 5.74) is 3.73. The number of alkyl halides is 3. The molecule has 0 saturated heterocycles. The predicted molar refractivity (Wildman–Crippen MR) is 48.3 cm³/mol. The van der Waals surface area contributed by atoms with Gasteiger partial charge in [0.05, 0.1) is 11.1 Å². The summed E-state index contributed by atoms with van der Waals surface area (Å²) in [6.07, 6.45) is -4.57. The van der Waals surface area contributed by atoms with Crippen molar-refractivity contribution in [3.63, 3.8) is 0 Å². The lowest BCUT2D eigenvalue weighted by Gasteiger charge is -2.10. The Morgan fingerprint density at radius 1 is 1.36 bits per heavy atom. The standard InChI is InChI=1S/C8H4BrF3N2/c9-7-2-4(14)1-6(5(7)3-13)8(10,11)12/h1-2H,14H2. The number of nitrogen functional groups attached to an aromatic ring is 1. The fourth-order valence-corrected chi connectivity index (χ4v) is 1.53. The van der Waals surface area contributed by atoms with E-state index < -0.39 is 17.3 Å². The van der Waals surface area contributed by atoms with Crippen molar-refractivity contribution < 1.29 is 13.2 Å². The van der Waals surface area contributed by atoms with Crippen molar-refractivity contribution >= 4 is 21.6 Å². The molecule has 0 atom stereocenters. The van der Waals surface area contributed by atoms with Gasteiger partial charge in [-0.15, -0.1) is 0 Å². The smallest absolute Gasteiger partial charge is 0.399 e. The van der Waals surface area contributed by atoms with Crippen molar-refractivity contribution in [1.29, 1.82) is 5.26 Å². The molecule has 0 aliphatic carbocycles. The Morgan fingerprint density at radius 3 is 2.36 bits per heavy atom. The van der Waals surface area contributed by atoms with Crippen LogP contribution in [-0.4, -0.2) is 0 Å². The minimum Gasteiger partial charge on any atom is -0.399 e. The molecule has 1 rings (SSSR count). The van der Waals surface area contributed by atoms with Crippen LogP contribution < -0.4 is 5.73 Å². The van der Waals surface area contributed by atoms with Gasteiger partial charge in [-0.1, -0.05) is 0 Å². The summed E-state index contributed by atoms with van der Waals surface area (Å²) in [6, 6.07) is 3.47. The second kappa shape index (κ2) is 3.50. The van der Waals surface area contributed by atoms with E-state index in [1.807, 2.05) is 0 Å². The highest BCUT2D eigenvalue weighted by molar-refractivity contribution is 9.10. The van der Waals surface area contributed by atoms with Crippen LogP contribution in [0.5, 0.6) is 0 Å². The Balaban J connectivity index is 3.50. The number of hydrogen-bond donors (Lipinski definition) is 1. The van der Waals surface area contributed by atoms with Gasteiger partial charge in [-0.2, -0.15) is 18.4 Å². The molecule has 0 aliphatic heterocycles. The van der Waals surface area contributed by atoms with E-state index in [1.54, 1.807) is 0 Å². The highest BCUT2D eigenvalue weighted by atomic mass is 79.9. The van der Waals surface area contributed by atoms with Gasteiger partial charge in [0.25, 0.3) is 0 Å². The lowest BCUT2D eigenvalue weighted by Crippen LogP contribution is -2.09. The summed E-state index contributed by atoms with van der Waals surface area (Å²) in [5.74, 6) is 0. The normalized spacial score (nSPS) is 11.1. The third-order valence-corrected chi connectivity index (χ3v) is 2.16. The van der Waals surface area contributed by atoms with Crippen molar-refractivity contribution in [2.75, 3.05) is 5.73 Å². The highest BCUT2D eigenvalue weighted by Gasteiger charge is 2.34. The lowest BCUT2D eigenvalue weighted by atomic mass is 10.1. The molecule has 0 fully saturated rings. The molecule has 1 aromatic carbocycles. The molecule has 2 nitrogen and oxygen atoms in total. The number of halogens is 4. The van der Waals surface area contributed by atoms with Crippen molar-refractivity contribution in [3.8, 4) is 6.07 Å². The Hall–Kier alpha value is -1.22. The first-order chi connectivity index (χ1) is 6.36. The predicted octanol–water partition coefficient (Wildman–Crippen LogP) is 2.92. The molecule has 2 N–H and O–H groups in total. The minimum atomic E-state index is -4.57. The average Bonchev–Trinajstić information content (AvgIpc) is 2.01. The monoisotopic (exact) mass is 264 g/mol. The molecule has 1 aromatic rings. The number of nitrogens with two attached hydrogens (primary N) is 1. The summed E-state index contributed by atoms with van der Waals surface area (Å²) in [4.78, 5) is 0. The second-order valence-corrected chi connectivity index (χ2v) is 3.39. The molecule has 0 aromatic heterocycles. The zero-order valence-corrected chi connectivity index (χ0v) is 8.28. The van der Waals surface area contributed by atoms with Crippen LogP contribution in [0.25, 0.3) is 0 Å². The van der Waals surface area contributed by atoms with Crippen LogP contribution in [0.15, 0.2) is 16.6 Å². The Labute approximate surface area is 86.3 Å². The third kappa shape index (κ3) is 1.99. The summed E-state index contributed by atoms with van der Waals surface area (Å²) in [5, 5.41) is 8.53. The molecular weight excluding hydrogens is 261 g/mol. The van der Waals surface area contributed by atoms with Gasteiger partial charge in [-0.05, 0) is 28.1 Å². The molecule has 74 valence electrons. The molecular formula is C8H4BrF3N2. The lowest BCUT2D eigenvalue weighted by molar-refractivity contribution is -0.137. The second-order valence-electron chi connectivity index (χ2n) is 2.53. The fraction of sp³-hybridized carbons (Fsp3) is 0.125. The SMILES string of the molecule is N#Cc1c(Br)cc(N)cc1C(F)(F)F. The Kier molecular flexibility index (Phi) is 2.71. The topological polar surface area (TPSA) is 49.8 Å². The van der Waals surface area contributed by atoms with Gasteiger partial charge < -0.3 is 5.73 Å². The number of benzene rings is 1. The maximum atomic E-state index is 12.4. The van der Waals surface area contributed by atoms with Gasteiger partial charge in [0, 0.05) is 10.2 Å². The zero-order valence-electron chi connectivity index (χ0n) is 6.69. The quantitative estimate of drug-likeness (QED) is 0.733. The summed E-state index contributed by atoms with van der Waals surface area (Å²) in [7, 11) is 0. The highest BCUT2D eigenvalue weighted by Crippen LogP contribution is 2.36. The van der Waals surface area contributed by atoms with E-state index in [0.717, 1.165) is 6.07 Å². The van der Waals surface area contributed by atoms with Gasteiger partial charge in [-0.25, -0.2) is 0 Å². The first-order valence-electron chi connectivity index (χ1n) is 3.42. The van der Waals surface area contributed by atoms with Crippen LogP contribution >= 0.6 is 15.9 Å². The number of anilines is 1. The number of hydrogen-bond acceptors (Lipinski definition) is 2. The van der Waals surface area contributed by atoms with E-state index in [9.17, 15) is 13.2 Å². The third-order valence-electron chi connectivity index (χ3n) is 1.53. The summed E-state index contributed by atoms with van der Waals surface area (Å²) >= 11 is 2.85. The number of nitriles is 1. The van der Waals surface area contributed by atoms with Crippen LogP contribution in [0.1, 0.15) is 11.1 Å². The average molecular weight is 265 g/mol. The van der Waals surface area contributed by atoms with Gasteiger partial charge in [0.1, 0.15) is 6.07 Å². The van der Waals surface area contributed by atoms with E-state index in [4.69, 9.17) is 11.0 Å². The maximum absolute atomic E-state index is 12.4. The van der Waals surface area contributed by atoms with Crippen molar-refractivity contribution in [2.45, 2.75) is 6.18 Å². The molecule has 14 heavy (non-hydrogen) atoms. The van der Waals surface area contributed by atoms with E-state index in [1.165, 1.54) is 12.1 Å². The van der Waals surface area contributed by atoms with E-state index in [-0.39, 0.29) is 10.2 Å². The molecule has 0 spiro atoms. The van der Waals surface area contributed by atoms with Gasteiger partial charge in [0.2, 0.25) is 0 Å². The molecule has 0 aliphatic rings. The first-order valence-corrected chi connectivity index (χ1v) is 4.22. The summed E-state index contributed by atoms with van der Waals surface area (Å²) in [6.45, 7) is 0. The van der Waals surface area contributed by atoms with E-state index in [0.29, 0.717) is 0 Å². The van der Waals surface area contributed by atoms with E-state index in [2.05, 4.69) is 15.9 Å². The Bertz CT molecular complexity index is 406. The van der Waals surface area contributed by atoms with E-state index >= 15 is 0 Å². The molecule has 0 radical (unpaired) electrons. The van der Waals surface area contributed by atoms with Crippen LogP contribution in [0.4, 0.5) is 18.9 Å². The first kappa shape index (κ1) is 10.9. The minimum absolute atomic E-state index is 0.0387. The Morgan fingerprint density at radius 2 is 1.93 bits per heavy atom. The number of rotatable bonds is 0.